The molecule has 1 amide bonds. The number of hydrogen-bond acceptors (Lipinski definition) is 3. The molecule has 1 aromatic rings. The first-order valence-corrected chi connectivity index (χ1v) is 9.21. The lowest BCUT2D eigenvalue weighted by atomic mass is 10.1. The molecule has 0 saturated carbocycles. The Balaban J connectivity index is 1.96. The molecule has 0 radical (unpaired) electrons. The molecule has 7 heteroatoms. The second-order valence-corrected chi connectivity index (χ2v) is 7.78. The van der Waals surface area contributed by atoms with Gasteiger partial charge in [-0.1, -0.05) is 15.9 Å². The topological polar surface area (TPSA) is 44.4 Å². The van der Waals surface area contributed by atoms with Gasteiger partial charge in [-0.3, -0.25) is 9.69 Å². The van der Waals surface area contributed by atoms with Crippen molar-refractivity contribution in [3.8, 4) is 0 Å². The molecule has 1 atom stereocenters. The number of carbonyl (C=O) groups excluding carboxylic acids is 1. The first-order valence-electron chi connectivity index (χ1n) is 6.83. The molecule has 1 aliphatic rings. The largest absolute Gasteiger partial charge is 0.323 e. The van der Waals surface area contributed by atoms with Gasteiger partial charge in [-0.2, -0.15) is 0 Å². The number of nitrogens with one attached hydrogen (secondary N) is 2. The van der Waals surface area contributed by atoms with E-state index in [-0.39, 0.29) is 5.91 Å². The number of rotatable bonds is 4. The Hall–Kier alpha value is 0.0500. The highest BCUT2D eigenvalue weighted by molar-refractivity contribution is 9.11. The van der Waals surface area contributed by atoms with Crippen molar-refractivity contribution in [3.63, 3.8) is 0 Å². The molecule has 1 heterocycles. The van der Waals surface area contributed by atoms with Crippen LogP contribution in [0.1, 0.15) is 12.8 Å². The van der Waals surface area contributed by atoms with E-state index in [1.165, 1.54) is 6.42 Å². The molecule has 0 aliphatic carbocycles. The third kappa shape index (κ3) is 5.03. The van der Waals surface area contributed by atoms with Crippen molar-refractivity contribution >= 4 is 59.4 Å². The number of hydrogen-bond donors (Lipinski definition) is 2. The molecule has 0 spiro atoms. The minimum Gasteiger partial charge on any atom is -0.323 e. The van der Waals surface area contributed by atoms with Crippen LogP contribution in [0, 0.1) is 0 Å². The van der Waals surface area contributed by atoms with E-state index in [0.717, 1.165) is 38.6 Å². The van der Waals surface area contributed by atoms with Gasteiger partial charge >= 0.3 is 0 Å². The second kappa shape index (κ2) is 8.06. The predicted molar refractivity (Wildman–Crippen MR) is 96.7 cm³/mol. The summed E-state index contributed by atoms with van der Waals surface area (Å²) in [6.45, 7) is 2.33. The van der Waals surface area contributed by atoms with Crippen LogP contribution in [0.2, 0.25) is 0 Å². The average molecular weight is 484 g/mol. The standard InChI is InChI=1S/C14H18Br3N3O/c1-18-10-3-2-4-20(7-10)8-13(21)19-14-11(16)5-9(15)6-12(14)17/h5-6,10,18H,2-4,7-8H2,1H3,(H,19,21). The number of benzene rings is 1. The van der Waals surface area contributed by atoms with Gasteiger partial charge in [0.15, 0.2) is 0 Å². The third-order valence-electron chi connectivity index (χ3n) is 3.55. The smallest absolute Gasteiger partial charge is 0.238 e. The van der Waals surface area contributed by atoms with E-state index in [2.05, 4.69) is 63.3 Å². The number of carbonyl (C=O) groups is 1. The number of piperidine rings is 1. The summed E-state index contributed by atoms with van der Waals surface area (Å²) in [6.07, 6.45) is 2.31. The molecule has 2 N–H and O–H groups in total. The van der Waals surface area contributed by atoms with Crippen molar-refractivity contribution in [3.05, 3.63) is 25.6 Å². The van der Waals surface area contributed by atoms with Crippen LogP contribution in [0.5, 0.6) is 0 Å². The lowest BCUT2D eigenvalue weighted by molar-refractivity contribution is -0.117. The summed E-state index contributed by atoms with van der Waals surface area (Å²) in [4.78, 5) is 14.4. The molecule has 1 saturated heterocycles. The Labute approximate surface area is 150 Å². The van der Waals surface area contributed by atoms with E-state index in [4.69, 9.17) is 0 Å². The molecule has 0 aromatic heterocycles. The van der Waals surface area contributed by atoms with Gasteiger partial charge < -0.3 is 10.6 Å². The zero-order chi connectivity index (χ0) is 15.4. The highest BCUT2D eigenvalue weighted by atomic mass is 79.9. The molecule has 1 fully saturated rings. The van der Waals surface area contributed by atoms with Gasteiger partial charge in [-0.15, -0.1) is 0 Å². The Morgan fingerprint density at radius 3 is 2.62 bits per heavy atom. The lowest BCUT2D eigenvalue weighted by Gasteiger charge is -2.32. The van der Waals surface area contributed by atoms with Crippen molar-refractivity contribution in [1.29, 1.82) is 0 Å². The van der Waals surface area contributed by atoms with Gasteiger partial charge in [0.1, 0.15) is 0 Å². The normalized spacial score (nSPS) is 19.5. The Kier molecular flexibility index (Phi) is 6.68. The molecule has 1 aliphatic heterocycles. The summed E-state index contributed by atoms with van der Waals surface area (Å²) in [5.74, 6) is 0.00970. The highest BCUT2D eigenvalue weighted by Gasteiger charge is 2.21. The molecule has 4 nitrogen and oxygen atoms in total. The van der Waals surface area contributed by atoms with Crippen molar-refractivity contribution in [2.75, 3.05) is 32.0 Å². The van der Waals surface area contributed by atoms with Crippen LogP contribution < -0.4 is 10.6 Å². The predicted octanol–water partition coefficient (Wildman–Crippen LogP) is 3.60. The van der Waals surface area contributed by atoms with Crippen LogP contribution >= 0.6 is 47.8 Å². The molecular formula is C14H18Br3N3O. The maximum Gasteiger partial charge on any atom is 0.238 e. The van der Waals surface area contributed by atoms with Crippen molar-refractivity contribution in [2.45, 2.75) is 18.9 Å². The summed E-state index contributed by atoms with van der Waals surface area (Å²) < 4.78 is 2.65. The summed E-state index contributed by atoms with van der Waals surface area (Å²) in [5, 5.41) is 6.26. The molecule has 116 valence electrons. The maximum atomic E-state index is 12.2. The molecule has 1 aromatic carbocycles. The minimum atomic E-state index is 0.00970. The summed E-state index contributed by atoms with van der Waals surface area (Å²) in [6, 6.07) is 4.31. The van der Waals surface area contributed by atoms with Crippen LogP contribution in [0.4, 0.5) is 5.69 Å². The van der Waals surface area contributed by atoms with Crippen LogP contribution in [0.15, 0.2) is 25.6 Å². The van der Waals surface area contributed by atoms with Gasteiger partial charge in [0.2, 0.25) is 5.91 Å². The minimum absolute atomic E-state index is 0.00970. The number of nitrogens with zero attached hydrogens (tertiary/aromatic N) is 1. The highest BCUT2D eigenvalue weighted by Crippen LogP contribution is 2.34. The van der Waals surface area contributed by atoms with Crippen LogP contribution in [0.25, 0.3) is 0 Å². The lowest BCUT2D eigenvalue weighted by Crippen LogP contribution is -2.46. The number of anilines is 1. The van der Waals surface area contributed by atoms with E-state index >= 15 is 0 Å². The first kappa shape index (κ1) is 17.4. The van der Waals surface area contributed by atoms with Crippen molar-refractivity contribution < 1.29 is 4.79 Å². The molecule has 2 rings (SSSR count). The van der Waals surface area contributed by atoms with Gasteiger partial charge in [-0.25, -0.2) is 0 Å². The van der Waals surface area contributed by atoms with E-state index in [9.17, 15) is 4.79 Å². The fraction of sp³-hybridized carbons (Fsp3) is 0.500. The third-order valence-corrected chi connectivity index (χ3v) is 5.26. The molecule has 21 heavy (non-hydrogen) atoms. The van der Waals surface area contributed by atoms with Gasteiger partial charge in [-0.05, 0) is 70.4 Å². The van der Waals surface area contributed by atoms with Crippen LogP contribution in [0.3, 0.4) is 0 Å². The van der Waals surface area contributed by atoms with E-state index < -0.39 is 0 Å². The zero-order valence-electron chi connectivity index (χ0n) is 11.8. The SMILES string of the molecule is CNC1CCCN(CC(=O)Nc2c(Br)cc(Br)cc2Br)C1. The first-order chi connectivity index (χ1) is 9.99. The zero-order valence-corrected chi connectivity index (χ0v) is 16.5. The maximum absolute atomic E-state index is 12.2. The monoisotopic (exact) mass is 481 g/mol. The van der Waals surface area contributed by atoms with E-state index in [1.807, 2.05) is 19.2 Å². The second-order valence-electron chi connectivity index (χ2n) is 5.16. The van der Waals surface area contributed by atoms with Crippen molar-refractivity contribution in [1.82, 2.24) is 10.2 Å². The van der Waals surface area contributed by atoms with Crippen molar-refractivity contribution in [2.24, 2.45) is 0 Å². The average Bonchev–Trinajstić information content (AvgIpc) is 2.43. The van der Waals surface area contributed by atoms with Gasteiger partial charge in [0.25, 0.3) is 0 Å². The fourth-order valence-corrected chi connectivity index (χ4v) is 4.94. The number of likely N-dealkylation sites (N-methyl/N-ethyl adjacent to an activating group) is 1. The van der Waals surface area contributed by atoms with Gasteiger partial charge in [0.05, 0.1) is 12.2 Å². The van der Waals surface area contributed by atoms with Crippen LogP contribution in [-0.2, 0) is 4.79 Å². The number of amides is 1. The number of likely N-dealkylation sites (tertiary alicyclic amines) is 1. The summed E-state index contributed by atoms with van der Waals surface area (Å²) in [5.41, 5.74) is 0.769. The summed E-state index contributed by atoms with van der Waals surface area (Å²) in [7, 11) is 1.98. The Morgan fingerprint density at radius 2 is 2.00 bits per heavy atom. The molecule has 0 bridgehead atoms. The van der Waals surface area contributed by atoms with Gasteiger partial charge in [0, 0.05) is 26.0 Å². The van der Waals surface area contributed by atoms with E-state index in [0.29, 0.717) is 12.6 Å². The molecule has 1 unspecified atom stereocenters. The fourth-order valence-electron chi connectivity index (χ4n) is 2.48. The molecular weight excluding hydrogens is 466 g/mol. The number of halogens is 3. The quantitative estimate of drug-likeness (QED) is 0.688. The van der Waals surface area contributed by atoms with E-state index in [1.54, 1.807) is 0 Å². The Bertz CT molecular complexity index is 501. The van der Waals surface area contributed by atoms with Crippen LogP contribution in [-0.4, -0.2) is 43.5 Å². The Morgan fingerprint density at radius 1 is 1.33 bits per heavy atom. The summed E-state index contributed by atoms with van der Waals surface area (Å²) >= 11 is 10.4.